The third-order valence-electron chi connectivity index (χ3n) is 3.35. The number of hydrogen-bond donors (Lipinski definition) is 3. The fourth-order valence-corrected chi connectivity index (χ4v) is 2.22. The number of hydrogen-bond acceptors (Lipinski definition) is 6. The molecule has 0 aliphatic heterocycles. The molecular weight excluding hydrogens is 288 g/mol. The number of fused-ring (bicyclic) bond motifs is 1. The van der Waals surface area contributed by atoms with Gasteiger partial charge < -0.3 is 24.5 Å². The van der Waals surface area contributed by atoms with E-state index in [2.05, 4.69) is 0 Å². The van der Waals surface area contributed by atoms with Crippen LogP contribution in [0.1, 0.15) is 0 Å². The molecule has 0 saturated carbocycles. The lowest BCUT2D eigenvalue weighted by atomic mass is 10.0. The molecule has 0 bridgehead atoms. The number of methoxy groups -OCH3 is 1. The predicted molar refractivity (Wildman–Crippen MR) is 79.5 cm³/mol. The molecule has 0 spiro atoms. The minimum atomic E-state index is -0.452. The van der Waals surface area contributed by atoms with Crippen LogP contribution in [0.5, 0.6) is 23.0 Å². The van der Waals surface area contributed by atoms with Crippen LogP contribution in [0.25, 0.3) is 22.1 Å². The standard InChI is InChI=1S/C16H12O6/c1-21-9-5-13(19)15-14(6-9)22-7-10(16(15)20)8-2-3-11(17)12(18)4-8/h2-7,17-19H,1H3. The van der Waals surface area contributed by atoms with E-state index >= 15 is 0 Å². The van der Waals surface area contributed by atoms with Crippen molar-refractivity contribution in [3.05, 3.63) is 46.8 Å². The Morgan fingerprint density at radius 3 is 2.45 bits per heavy atom. The Morgan fingerprint density at radius 1 is 1.00 bits per heavy atom. The largest absolute Gasteiger partial charge is 0.507 e. The van der Waals surface area contributed by atoms with Gasteiger partial charge >= 0.3 is 0 Å². The number of ether oxygens (including phenoxy) is 1. The van der Waals surface area contributed by atoms with Gasteiger partial charge in [0.05, 0.1) is 12.7 Å². The molecule has 6 heteroatoms. The molecular formula is C16H12O6. The number of aromatic hydroxyl groups is 3. The maximum atomic E-state index is 12.5. The highest BCUT2D eigenvalue weighted by atomic mass is 16.5. The lowest BCUT2D eigenvalue weighted by Crippen LogP contribution is -2.05. The molecule has 0 radical (unpaired) electrons. The molecule has 0 aliphatic rings. The van der Waals surface area contributed by atoms with Crippen LogP contribution in [0.15, 0.2) is 45.8 Å². The van der Waals surface area contributed by atoms with Crippen molar-refractivity contribution in [2.24, 2.45) is 0 Å². The molecule has 2 aromatic carbocycles. The van der Waals surface area contributed by atoms with Crippen molar-refractivity contribution in [3.63, 3.8) is 0 Å². The molecule has 1 heterocycles. The van der Waals surface area contributed by atoms with Crippen molar-refractivity contribution >= 4 is 11.0 Å². The second-order valence-corrected chi connectivity index (χ2v) is 4.70. The highest BCUT2D eigenvalue weighted by Gasteiger charge is 2.15. The van der Waals surface area contributed by atoms with Gasteiger partial charge in [-0.25, -0.2) is 0 Å². The van der Waals surface area contributed by atoms with E-state index in [1.54, 1.807) is 0 Å². The fraction of sp³-hybridized carbons (Fsp3) is 0.0625. The average molecular weight is 300 g/mol. The topological polar surface area (TPSA) is 100 Å². The first-order valence-electron chi connectivity index (χ1n) is 6.36. The van der Waals surface area contributed by atoms with Gasteiger partial charge in [0.25, 0.3) is 0 Å². The fourth-order valence-electron chi connectivity index (χ4n) is 2.22. The summed E-state index contributed by atoms with van der Waals surface area (Å²) in [5, 5.41) is 28.9. The molecule has 22 heavy (non-hydrogen) atoms. The van der Waals surface area contributed by atoms with Crippen LogP contribution in [-0.4, -0.2) is 22.4 Å². The second-order valence-electron chi connectivity index (χ2n) is 4.70. The van der Waals surface area contributed by atoms with Gasteiger partial charge in [-0.3, -0.25) is 4.79 Å². The summed E-state index contributed by atoms with van der Waals surface area (Å²) in [6.45, 7) is 0. The molecule has 0 aliphatic carbocycles. The van der Waals surface area contributed by atoms with Gasteiger partial charge in [-0.15, -0.1) is 0 Å². The maximum absolute atomic E-state index is 12.5. The monoisotopic (exact) mass is 300 g/mol. The number of benzene rings is 2. The Hall–Kier alpha value is -3.15. The molecule has 6 nitrogen and oxygen atoms in total. The predicted octanol–water partition coefficient (Wildman–Crippen LogP) is 2.59. The van der Waals surface area contributed by atoms with Gasteiger partial charge in [0.1, 0.15) is 28.7 Å². The number of phenolic OH excluding ortho intramolecular Hbond substituents is 3. The smallest absolute Gasteiger partial charge is 0.204 e. The highest BCUT2D eigenvalue weighted by molar-refractivity contribution is 5.88. The second kappa shape index (κ2) is 5.00. The van der Waals surface area contributed by atoms with E-state index in [1.807, 2.05) is 0 Å². The zero-order valence-corrected chi connectivity index (χ0v) is 11.5. The van der Waals surface area contributed by atoms with Crippen molar-refractivity contribution in [2.75, 3.05) is 7.11 Å². The Labute approximate surface area is 124 Å². The lowest BCUT2D eigenvalue weighted by molar-refractivity contribution is 0.404. The first kappa shape index (κ1) is 13.8. The van der Waals surface area contributed by atoms with E-state index in [0.717, 1.165) is 0 Å². The number of rotatable bonds is 2. The zero-order chi connectivity index (χ0) is 15.9. The van der Waals surface area contributed by atoms with Crippen molar-refractivity contribution < 1.29 is 24.5 Å². The number of phenols is 3. The van der Waals surface area contributed by atoms with E-state index in [-0.39, 0.29) is 33.8 Å². The molecule has 3 aromatic rings. The molecule has 0 unspecified atom stereocenters. The highest BCUT2D eigenvalue weighted by Crippen LogP contribution is 2.32. The molecule has 0 atom stereocenters. The normalized spacial score (nSPS) is 10.8. The average Bonchev–Trinajstić information content (AvgIpc) is 2.50. The van der Waals surface area contributed by atoms with E-state index < -0.39 is 5.43 Å². The van der Waals surface area contributed by atoms with Crippen LogP contribution in [0.2, 0.25) is 0 Å². The van der Waals surface area contributed by atoms with Gasteiger partial charge in [0.15, 0.2) is 11.5 Å². The van der Waals surface area contributed by atoms with E-state index in [1.165, 1.54) is 43.7 Å². The summed E-state index contributed by atoms with van der Waals surface area (Å²) < 4.78 is 10.4. The van der Waals surface area contributed by atoms with E-state index in [0.29, 0.717) is 11.3 Å². The molecule has 3 rings (SSSR count). The van der Waals surface area contributed by atoms with Crippen molar-refractivity contribution in [1.29, 1.82) is 0 Å². The van der Waals surface area contributed by atoms with Gasteiger partial charge in [-0.05, 0) is 17.7 Å². The minimum absolute atomic E-state index is 0.0193. The summed E-state index contributed by atoms with van der Waals surface area (Å²) in [6, 6.07) is 6.79. The van der Waals surface area contributed by atoms with E-state index in [4.69, 9.17) is 9.15 Å². The van der Waals surface area contributed by atoms with Crippen LogP contribution in [0.4, 0.5) is 0 Å². The Bertz CT molecular complexity index is 926. The SMILES string of the molecule is COc1cc(O)c2c(=O)c(-c3ccc(O)c(O)c3)coc2c1. The summed E-state index contributed by atoms with van der Waals surface area (Å²) in [4.78, 5) is 12.5. The molecule has 3 N–H and O–H groups in total. The lowest BCUT2D eigenvalue weighted by Gasteiger charge is -2.07. The third-order valence-corrected chi connectivity index (χ3v) is 3.35. The van der Waals surface area contributed by atoms with Gasteiger partial charge in [0, 0.05) is 12.1 Å². The maximum Gasteiger partial charge on any atom is 0.204 e. The van der Waals surface area contributed by atoms with Crippen LogP contribution >= 0.6 is 0 Å². The molecule has 1 aromatic heterocycles. The first-order chi connectivity index (χ1) is 10.5. The summed E-state index contributed by atoms with van der Waals surface area (Å²) in [5.41, 5.74) is 0.254. The van der Waals surface area contributed by atoms with Crippen LogP contribution in [0, 0.1) is 0 Å². The van der Waals surface area contributed by atoms with Gasteiger partial charge in [-0.1, -0.05) is 6.07 Å². The third kappa shape index (κ3) is 2.10. The Morgan fingerprint density at radius 2 is 1.77 bits per heavy atom. The summed E-state index contributed by atoms with van der Waals surface area (Å²) in [6.07, 6.45) is 1.23. The first-order valence-corrected chi connectivity index (χ1v) is 6.36. The minimum Gasteiger partial charge on any atom is -0.507 e. The zero-order valence-electron chi connectivity index (χ0n) is 11.5. The molecule has 0 amide bonds. The van der Waals surface area contributed by atoms with Crippen molar-refractivity contribution in [3.8, 4) is 34.1 Å². The Balaban J connectivity index is 2.28. The van der Waals surface area contributed by atoms with Crippen LogP contribution < -0.4 is 10.2 Å². The quantitative estimate of drug-likeness (QED) is 0.629. The molecule has 0 saturated heterocycles. The van der Waals surface area contributed by atoms with E-state index in [9.17, 15) is 20.1 Å². The summed E-state index contributed by atoms with van der Waals surface area (Å²) in [5.74, 6) is -0.534. The van der Waals surface area contributed by atoms with Crippen LogP contribution in [-0.2, 0) is 0 Å². The molecule has 112 valence electrons. The summed E-state index contributed by atoms with van der Waals surface area (Å²) in [7, 11) is 1.44. The van der Waals surface area contributed by atoms with Gasteiger partial charge in [-0.2, -0.15) is 0 Å². The van der Waals surface area contributed by atoms with Crippen LogP contribution in [0.3, 0.4) is 0 Å². The van der Waals surface area contributed by atoms with Crippen molar-refractivity contribution in [1.82, 2.24) is 0 Å². The van der Waals surface area contributed by atoms with Crippen molar-refractivity contribution in [2.45, 2.75) is 0 Å². The summed E-state index contributed by atoms with van der Waals surface area (Å²) >= 11 is 0. The molecule has 0 fully saturated rings. The van der Waals surface area contributed by atoms with Gasteiger partial charge in [0.2, 0.25) is 5.43 Å². The Kier molecular flexibility index (Phi) is 3.14.